The Labute approximate surface area is 177 Å². The Morgan fingerprint density at radius 3 is 2.65 bits per heavy atom. The molecule has 1 saturated heterocycles. The van der Waals surface area contributed by atoms with Crippen LogP contribution in [-0.4, -0.2) is 40.9 Å². The maximum absolute atomic E-state index is 14.2. The van der Waals surface area contributed by atoms with Gasteiger partial charge in [-0.1, -0.05) is 0 Å². The summed E-state index contributed by atoms with van der Waals surface area (Å²) in [6.45, 7) is 3.01. The molecule has 1 aromatic carbocycles. The number of aromatic nitrogens is 2. The van der Waals surface area contributed by atoms with E-state index in [0.717, 1.165) is 19.8 Å². The number of hydrogen-bond donors (Lipinski definition) is 2. The standard InChI is InChI=1S/C21H24F3N5O2/c1-12-18(23)15(10-16(22)19(12)24)20(30)26-14-4-2-13(3-5-14)11-28-8-6-17(27-28)29-9-7-25-21(29)31/h6,8,10,13-14H,2-5,7,9,11H2,1H3,(H,25,31)(H,26,30). The van der Waals surface area contributed by atoms with E-state index < -0.39 is 34.5 Å². The maximum atomic E-state index is 14.2. The number of urea groups is 1. The predicted molar refractivity (Wildman–Crippen MR) is 107 cm³/mol. The summed E-state index contributed by atoms with van der Waals surface area (Å²) < 4.78 is 43.0. The summed E-state index contributed by atoms with van der Waals surface area (Å²) in [5.74, 6) is -3.30. The van der Waals surface area contributed by atoms with Crippen LogP contribution < -0.4 is 15.5 Å². The Hall–Kier alpha value is -3.04. The second-order valence-electron chi connectivity index (χ2n) is 8.13. The van der Waals surface area contributed by atoms with Gasteiger partial charge in [-0.05, 0) is 44.6 Å². The first-order valence-electron chi connectivity index (χ1n) is 10.4. The molecule has 2 heterocycles. The number of nitrogens with zero attached hydrogens (tertiary/aromatic N) is 3. The minimum atomic E-state index is -1.28. The summed E-state index contributed by atoms with van der Waals surface area (Å²) >= 11 is 0. The highest BCUT2D eigenvalue weighted by Gasteiger charge is 2.27. The Bertz CT molecular complexity index is 1000. The SMILES string of the molecule is Cc1c(F)c(F)cc(C(=O)NC2CCC(Cn3ccc(N4CCNC4=O)n3)CC2)c1F. The Kier molecular flexibility index (Phi) is 5.88. The summed E-state index contributed by atoms with van der Waals surface area (Å²) in [5.41, 5.74) is -0.979. The molecule has 1 saturated carbocycles. The highest BCUT2D eigenvalue weighted by Crippen LogP contribution is 2.27. The van der Waals surface area contributed by atoms with Gasteiger partial charge >= 0.3 is 6.03 Å². The fourth-order valence-corrected chi connectivity index (χ4v) is 4.20. The first kappa shape index (κ1) is 21.2. The average Bonchev–Trinajstić information content (AvgIpc) is 3.39. The first-order valence-corrected chi connectivity index (χ1v) is 10.4. The monoisotopic (exact) mass is 435 g/mol. The zero-order valence-electron chi connectivity index (χ0n) is 17.1. The fraction of sp³-hybridized carbons (Fsp3) is 0.476. The molecule has 0 bridgehead atoms. The van der Waals surface area contributed by atoms with Crippen LogP contribution in [0.5, 0.6) is 0 Å². The van der Waals surface area contributed by atoms with Gasteiger partial charge in [0.15, 0.2) is 17.5 Å². The summed E-state index contributed by atoms with van der Waals surface area (Å²) in [6.07, 6.45) is 4.92. The maximum Gasteiger partial charge on any atom is 0.323 e. The van der Waals surface area contributed by atoms with Crippen LogP contribution in [0.15, 0.2) is 18.3 Å². The fourth-order valence-electron chi connectivity index (χ4n) is 4.20. The van der Waals surface area contributed by atoms with Gasteiger partial charge in [-0.25, -0.2) is 18.0 Å². The van der Waals surface area contributed by atoms with E-state index in [-0.39, 0.29) is 12.1 Å². The van der Waals surface area contributed by atoms with Crippen molar-refractivity contribution >= 4 is 17.8 Å². The highest BCUT2D eigenvalue weighted by atomic mass is 19.2. The van der Waals surface area contributed by atoms with Crippen molar-refractivity contribution in [2.75, 3.05) is 18.0 Å². The van der Waals surface area contributed by atoms with E-state index in [0.29, 0.717) is 50.3 Å². The molecular weight excluding hydrogens is 411 g/mol. The van der Waals surface area contributed by atoms with Gasteiger partial charge < -0.3 is 10.6 Å². The van der Waals surface area contributed by atoms with E-state index in [1.807, 2.05) is 16.9 Å². The lowest BCUT2D eigenvalue weighted by atomic mass is 9.86. The van der Waals surface area contributed by atoms with E-state index in [4.69, 9.17) is 0 Å². The minimum absolute atomic E-state index is 0.144. The van der Waals surface area contributed by atoms with Gasteiger partial charge in [0.2, 0.25) is 0 Å². The molecule has 0 atom stereocenters. The lowest BCUT2D eigenvalue weighted by Crippen LogP contribution is -2.38. The molecule has 2 aromatic rings. The molecule has 0 spiro atoms. The summed E-state index contributed by atoms with van der Waals surface area (Å²) in [6, 6.07) is 2.12. The molecular formula is C21H24F3N5O2. The number of carbonyl (C=O) groups excluding carboxylic acids is 2. The molecule has 7 nitrogen and oxygen atoms in total. The Balaban J connectivity index is 1.30. The van der Waals surface area contributed by atoms with E-state index in [9.17, 15) is 22.8 Å². The summed E-state index contributed by atoms with van der Waals surface area (Å²) in [7, 11) is 0. The van der Waals surface area contributed by atoms with Crippen molar-refractivity contribution in [2.45, 2.75) is 45.2 Å². The number of rotatable bonds is 5. The number of nitrogens with one attached hydrogen (secondary N) is 2. The van der Waals surface area contributed by atoms with E-state index in [1.54, 1.807) is 4.90 Å². The van der Waals surface area contributed by atoms with Crippen molar-refractivity contribution in [3.8, 4) is 0 Å². The van der Waals surface area contributed by atoms with Gasteiger partial charge in [-0.3, -0.25) is 14.4 Å². The molecule has 3 amide bonds. The number of halogens is 3. The molecule has 1 aliphatic carbocycles. The van der Waals surface area contributed by atoms with E-state index >= 15 is 0 Å². The van der Waals surface area contributed by atoms with Gasteiger partial charge in [-0.2, -0.15) is 5.10 Å². The quantitative estimate of drug-likeness (QED) is 0.709. The third-order valence-electron chi connectivity index (χ3n) is 6.01. The van der Waals surface area contributed by atoms with Crippen LogP contribution in [0.25, 0.3) is 0 Å². The van der Waals surface area contributed by atoms with Crippen molar-refractivity contribution in [1.29, 1.82) is 0 Å². The first-order chi connectivity index (χ1) is 14.8. The molecule has 166 valence electrons. The second kappa shape index (κ2) is 8.60. The van der Waals surface area contributed by atoms with Crippen LogP contribution >= 0.6 is 0 Å². The van der Waals surface area contributed by atoms with Crippen LogP contribution in [0.1, 0.15) is 41.6 Å². The lowest BCUT2D eigenvalue weighted by Gasteiger charge is -2.29. The van der Waals surface area contributed by atoms with Gasteiger partial charge in [0, 0.05) is 43.5 Å². The number of anilines is 1. The molecule has 10 heteroatoms. The van der Waals surface area contributed by atoms with Gasteiger partial charge in [0.25, 0.3) is 5.91 Å². The highest BCUT2D eigenvalue weighted by molar-refractivity contribution is 5.95. The second-order valence-corrected chi connectivity index (χ2v) is 8.13. The topological polar surface area (TPSA) is 79.3 Å². The van der Waals surface area contributed by atoms with Crippen molar-refractivity contribution in [3.63, 3.8) is 0 Å². The summed E-state index contributed by atoms with van der Waals surface area (Å²) in [5, 5.41) is 9.96. The lowest BCUT2D eigenvalue weighted by molar-refractivity contribution is 0.0915. The normalized spacial score (nSPS) is 21.3. The molecule has 1 aliphatic heterocycles. The van der Waals surface area contributed by atoms with Gasteiger partial charge in [0.05, 0.1) is 5.56 Å². The number of hydrogen-bond acceptors (Lipinski definition) is 3. The number of amides is 3. The van der Waals surface area contributed by atoms with E-state index in [2.05, 4.69) is 15.7 Å². The third kappa shape index (κ3) is 4.38. The summed E-state index contributed by atoms with van der Waals surface area (Å²) in [4.78, 5) is 25.7. The van der Waals surface area contributed by atoms with Crippen molar-refractivity contribution < 1.29 is 22.8 Å². The smallest absolute Gasteiger partial charge is 0.323 e. The Morgan fingerprint density at radius 1 is 1.23 bits per heavy atom. The van der Waals surface area contributed by atoms with Crippen LogP contribution in [0.3, 0.4) is 0 Å². The average molecular weight is 435 g/mol. The molecule has 2 fully saturated rings. The molecule has 1 aromatic heterocycles. The number of benzene rings is 1. The van der Waals surface area contributed by atoms with Crippen molar-refractivity contribution in [1.82, 2.24) is 20.4 Å². The molecule has 0 unspecified atom stereocenters. The molecule has 4 rings (SSSR count). The van der Waals surface area contributed by atoms with Crippen LogP contribution in [-0.2, 0) is 6.54 Å². The van der Waals surface area contributed by atoms with Crippen LogP contribution in [0.2, 0.25) is 0 Å². The van der Waals surface area contributed by atoms with E-state index in [1.165, 1.54) is 0 Å². The molecule has 31 heavy (non-hydrogen) atoms. The van der Waals surface area contributed by atoms with Crippen LogP contribution in [0.4, 0.5) is 23.8 Å². The van der Waals surface area contributed by atoms with Crippen molar-refractivity contribution in [2.24, 2.45) is 5.92 Å². The van der Waals surface area contributed by atoms with Gasteiger partial charge in [0.1, 0.15) is 5.82 Å². The van der Waals surface area contributed by atoms with Crippen LogP contribution in [0, 0.1) is 30.3 Å². The Morgan fingerprint density at radius 2 is 1.97 bits per heavy atom. The predicted octanol–water partition coefficient (Wildman–Crippen LogP) is 3.13. The zero-order chi connectivity index (χ0) is 22.1. The van der Waals surface area contributed by atoms with Crippen molar-refractivity contribution in [3.05, 3.63) is 46.9 Å². The largest absolute Gasteiger partial charge is 0.349 e. The zero-order valence-corrected chi connectivity index (χ0v) is 17.1. The molecule has 2 aliphatic rings. The molecule has 0 radical (unpaired) electrons. The van der Waals surface area contributed by atoms with Gasteiger partial charge in [-0.15, -0.1) is 0 Å². The third-order valence-corrected chi connectivity index (χ3v) is 6.01. The number of carbonyl (C=O) groups is 2. The molecule has 2 N–H and O–H groups in total. The minimum Gasteiger partial charge on any atom is -0.349 e.